The minimum Gasteiger partial charge on any atom is -0.506 e. The van der Waals surface area contributed by atoms with Crippen molar-refractivity contribution in [2.75, 3.05) is 14.2 Å². The molecule has 9 nitrogen and oxygen atoms in total. The zero-order valence-corrected chi connectivity index (χ0v) is 23.0. The Balaban J connectivity index is 1.35. The number of amides is 3. The van der Waals surface area contributed by atoms with Gasteiger partial charge in [0, 0.05) is 24.5 Å². The molecule has 4 N–H and O–H groups in total. The molecule has 39 heavy (non-hydrogen) atoms. The molecule has 4 aromatic rings. The SMILES string of the molecule is CNC(=O)c1ccc(CNC(=O)c2ccc(C(=O)NN=C(C)c3csc(-c4ccc(OC)cc4)c3O)s2)cc1. The number of nitrogens with one attached hydrogen (secondary N) is 3. The lowest BCUT2D eigenvalue weighted by Crippen LogP contribution is -2.22. The monoisotopic (exact) mass is 562 g/mol. The average Bonchev–Trinajstić information content (AvgIpc) is 3.62. The number of nitrogens with zero attached hydrogens (tertiary/aromatic N) is 1. The molecule has 0 aliphatic heterocycles. The summed E-state index contributed by atoms with van der Waals surface area (Å²) in [5.41, 5.74) is 5.65. The number of rotatable bonds is 9. The van der Waals surface area contributed by atoms with Gasteiger partial charge in [0.1, 0.15) is 11.5 Å². The highest BCUT2D eigenvalue weighted by atomic mass is 32.1. The van der Waals surface area contributed by atoms with Gasteiger partial charge in [-0.2, -0.15) is 5.10 Å². The van der Waals surface area contributed by atoms with Gasteiger partial charge in [-0.1, -0.05) is 12.1 Å². The molecule has 0 atom stereocenters. The molecule has 0 unspecified atom stereocenters. The predicted octanol–water partition coefficient (Wildman–Crippen LogP) is 4.63. The van der Waals surface area contributed by atoms with Crippen molar-refractivity contribution in [3.05, 3.63) is 92.5 Å². The van der Waals surface area contributed by atoms with Gasteiger partial charge in [0.25, 0.3) is 17.7 Å². The highest BCUT2D eigenvalue weighted by Crippen LogP contribution is 2.39. The van der Waals surface area contributed by atoms with Gasteiger partial charge in [0.2, 0.25) is 0 Å². The van der Waals surface area contributed by atoms with Crippen molar-refractivity contribution in [1.29, 1.82) is 0 Å². The number of aromatic hydroxyl groups is 1. The molecule has 2 heterocycles. The first-order valence-corrected chi connectivity index (χ1v) is 13.5. The van der Waals surface area contributed by atoms with E-state index in [2.05, 4.69) is 21.2 Å². The maximum atomic E-state index is 12.6. The van der Waals surface area contributed by atoms with E-state index < -0.39 is 5.91 Å². The first kappa shape index (κ1) is 27.6. The summed E-state index contributed by atoms with van der Waals surface area (Å²) in [5, 5.41) is 22.0. The summed E-state index contributed by atoms with van der Waals surface area (Å²) in [6.07, 6.45) is 0. The quantitative estimate of drug-likeness (QED) is 0.175. The second-order valence-corrected chi connectivity index (χ2v) is 10.3. The zero-order chi connectivity index (χ0) is 27.9. The maximum Gasteiger partial charge on any atom is 0.281 e. The first-order chi connectivity index (χ1) is 18.8. The van der Waals surface area contributed by atoms with Crippen molar-refractivity contribution in [1.82, 2.24) is 16.1 Å². The van der Waals surface area contributed by atoms with Crippen LogP contribution in [0.1, 0.15) is 47.8 Å². The lowest BCUT2D eigenvalue weighted by molar-refractivity contribution is 0.0948. The predicted molar refractivity (Wildman–Crippen MR) is 153 cm³/mol. The van der Waals surface area contributed by atoms with Gasteiger partial charge in [-0.15, -0.1) is 22.7 Å². The zero-order valence-electron chi connectivity index (χ0n) is 21.4. The van der Waals surface area contributed by atoms with Gasteiger partial charge in [0.15, 0.2) is 0 Å². The van der Waals surface area contributed by atoms with Crippen LogP contribution in [0.25, 0.3) is 10.4 Å². The number of benzene rings is 2. The van der Waals surface area contributed by atoms with E-state index in [1.165, 1.54) is 11.3 Å². The van der Waals surface area contributed by atoms with E-state index in [0.717, 1.165) is 28.2 Å². The number of methoxy groups -OCH3 is 1. The summed E-state index contributed by atoms with van der Waals surface area (Å²) in [5.74, 6) is -0.158. The number of ether oxygens (including phenoxy) is 1. The molecule has 0 saturated carbocycles. The van der Waals surface area contributed by atoms with E-state index in [0.29, 0.717) is 31.5 Å². The third-order valence-electron chi connectivity index (χ3n) is 5.78. The Morgan fingerprint density at radius 1 is 0.923 bits per heavy atom. The van der Waals surface area contributed by atoms with Crippen LogP contribution in [-0.2, 0) is 6.54 Å². The molecule has 4 rings (SSSR count). The Hall–Kier alpha value is -4.48. The third-order valence-corrected chi connectivity index (χ3v) is 7.88. The maximum absolute atomic E-state index is 12.6. The van der Waals surface area contributed by atoms with Crippen molar-refractivity contribution >= 4 is 46.1 Å². The van der Waals surface area contributed by atoms with Crippen LogP contribution in [0.5, 0.6) is 11.5 Å². The Labute approximate surface area is 233 Å². The number of hydrazone groups is 1. The fourth-order valence-electron chi connectivity index (χ4n) is 3.58. The molecule has 2 aromatic heterocycles. The molecule has 200 valence electrons. The molecule has 3 amide bonds. The number of carbonyl (C=O) groups excluding carboxylic acids is 3. The molecule has 0 saturated heterocycles. The fourth-order valence-corrected chi connectivity index (χ4v) is 5.40. The van der Waals surface area contributed by atoms with Crippen LogP contribution >= 0.6 is 22.7 Å². The Morgan fingerprint density at radius 2 is 1.59 bits per heavy atom. The van der Waals surface area contributed by atoms with Crippen molar-refractivity contribution in [3.63, 3.8) is 0 Å². The van der Waals surface area contributed by atoms with Gasteiger partial charge in [-0.05, 0) is 66.6 Å². The van der Waals surface area contributed by atoms with Gasteiger partial charge in [-0.25, -0.2) is 5.43 Å². The van der Waals surface area contributed by atoms with Crippen LogP contribution in [0.15, 0.2) is 71.1 Å². The topological polar surface area (TPSA) is 129 Å². The largest absolute Gasteiger partial charge is 0.506 e. The van der Waals surface area contributed by atoms with E-state index in [1.807, 2.05) is 24.3 Å². The second-order valence-electron chi connectivity index (χ2n) is 8.32. The van der Waals surface area contributed by atoms with E-state index >= 15 is 0 Å². The van der Waals surface area contributed by atoms with Crippen LogP contribution in [0.3, 0.4) is 0 Å². The lowest BCUT2D eigenvalue weighted by atomic mass is 10.1. The molecule has 0 fully saturated rings. The van der Waals surface area contributed by atoms with E-state index in [1.54, 1.807) is 62.9 Å². The Morgan fingerprint density at radius 3 is 2.23 bits per heavy atom. The molecule has 2 aromatic carbocycles. The number of thiophene rings is 2. The molecule has 0 aliphatic rings. The van der Waals surface area contributed by atoms with Crippen LogP contribution in [0.2, 0.25) is 0 Å². The van der Waals surface area contributed by atoms with Crippen LogP contribution < -0.4 is 20.8 Å². The van der Waals surface area contributed by atoms with E-state index in [-0.39, 0.29) is 24.1 Å². The number of hydrogen-bond acceptors (Lipinski definition) is 8. The summed E-state index contributed by atoms with van der Waals surface area (Å²) in [6, 6.07) is 17.4. The Bertz CT molecular complexity index is 1520. The molecular formula is C28H26N4O5S2. The van der Waals surface area contributed by atoms with Gasteiger partial charge in [0.05, 0.1) is 33.0 Å². The van der Waals surface area contributed by atoms with Crippen molar-refractivity contribution < 1.29 is 24.2 Å². The van der Waals surface area contributed by atoms with Crippen molar-refractivity contribution in [2.45, 2.75) is 13.5 Å². The summed E-state index contributed by atoms with van der Waals surface area (Å²) in [6.45, 7) is 1.97. The van der Waals surface area contributed by atoms with E-state index in [4.69, 9.17) is 4.74 Å². The van der Waals surface area contributed by atoms with Gasteiger partial charge >= 0.3 is 0 Å². The van der Waals surface area contributed by atoms with Gasteiger partial charge in [-0.3, -0.25) is 14.4 Å². The molecule has 0 radical (unpaired) electrons. The smallest absolute Gasteiger partial charge is 0.281 e. The average molecular weight is 563 g/mol. The number of hydrogen-bond donors (Lipinski definition) is 4. The minimum atomic E-state index is -0.465. The molecular weight excluding hydrogens is 536 g/mol. The highest BCUT2D eigenvalue weighted by Gasteiger charge is 2.17. The van der Waals surface area contributed by atoms with Gasteiger partial charge < -0.3 is 20.5 Å². The molecule has 0 bridgehead atoms. The van der Waals surface area contributed by atoms with Crippen molar-refractivity contribution in [3.8, 4) is 21.9 Å². The number of carbonyl (C=O) groups is 3. The standard InChI is InChI=1S/C28H26N4O5S2/c1-16(21-15-38-25(24(21)33)18-8-10-20(37-3)11-9-18)31-32-28(36)23-13-12-22(39-23)27(35)30-14-17-4-6-19(7-5-17)26(34)29-2/h4-13,15,33H,14H2,1-3H3,(H,29,34)(H,30,35)(H,32,36). The van der Waals surface area contributed by atoms with Crippen LogP contribution in [-0.4, -0.2) is 42.7 Å². The molecule has 11 heteroatoms. The Kier molecular flexibility index (Phi) is 8.74. The van der Waals surface area contributed by atoms with E-state index in [9.17, 15) is 19.5 Å². The lowest BCUT2D eigenvalue weighted by Gasteiger charge is -2.05. The summed E-state index contributed by atoms with van der Waals surface area (Å²) in [4.78, 5) is 38.2. The highest BCUT2D eigenvalue weighted by molar-refractivity contribution is 7.16. The summed E-state index contributed by atoms with van der Waals surface area (Å²) >= 11 is 2.41. The second kappa shape index (κ2) is 12.4. The minimum absolute atomic E-state index is 0.0824. The fraction of sp³-hybridized carbons (Fsp3) is 0.143. The van der Waals surface area contributed by atoms with Crippen molar-refractivity contribution in [2.24, 2.45) is 5.10 Å². The molecule has 0 aliphatic carbocycles. The molecule has 0 spiro atoms. The first-order valence-electron chi connectivity index (χ1n) is 11.8. The van der Waals surface area contributed by atoms with Crippen LogP contribution in [0, 0.1) is 0 Å². The third kappa shape index (κ3) is 6.51. The summed E-state index contributed by atoms with van der Waals surface area (Å²) in [7, 11) is 3.15. The van der Waals surface area contributed by atoms with Crippen LogP contribution in [0.4, 0.5) is 0 Å². The summed E-state index contributed by atoms with van der Waals surface area (Å²) < 4.78 is 5.18. The normalized spacial score (nSPS) is 11.1.